The Morgan fingerprint density at radius 3 is 2.54 bits per heavy atom. The van der Waals surface area contributed by atoms with E-state index < -0.39 is 17.9 Å². The van der Waals surface area contributed by atoms with Crippen molar-refractivity contribution in [2.75, 3.05) is 27.4 Å². The molecule has 138 valence electrons. The van der Waals surface area contributed by atoms with Crippen molar-refractivity contribution in [3.63, 3.8) is 0 Å². The number of methoxy groups -OCH3 is 2. The molecule has 1 amide bonds. The average molecular weight is 379 g/mol. The van der Waals surface area contributed by atoms with E-state index in [1.54, 1.807) is 31.4 Å². The van der Waals surface area contributed by atoms with Crippen molar-refractivity contribution in [2.45, 2.75) is 6.04 Å². The number of benzene rings is 1. The highest BCUT2D eigenvalue weighted by Gasteiger charge is 2.24. The summed E-state index contributed by atoms with van der Waals surface area (Å²) in [7, 11) is 2.82. The summed E-state index contributed by atoms with van der Waals surface area (Å²) in [6.45, 7) is 0.712. The van der Waals surface area contributed by atoms with Gasteiger partial charge in [0.15, 0.2) is 6.04 Å². The molecule has 0 aliphatic carbocycles. The van der Waals surface area contributed by atoms with Gasteiger partial charge in [0.1, 0.15) is 6.61 Å². The zero-order chi connectivity index (χ0) is 18.9. The first kappa shape index (κ1) is 19.7. The Kier molecular flexibility index (Phi) is 7.37. The molecule has 0 saturated heterocycles. The summed E-state index contributed by atoms with van der Waals surface area (Å²) in [6, 6.07) is 8.61. The molecule has 1 aromatic heterocycles. The zero-order valence-corrected chi connectivity index (χ0v) is 15.2. The molecule has 0 bridgehead atoms. The monoisotopic (exact) mass is 378 g/mol. The smallest absolute Gasteiger partial charge is 0.333 e. The van der Waals surface area contributed by atoms with E-state index in [9.17, 15) is 9.59 Å². The van der Waals surface area contributed by atoms with Crippen LogP contribution in [0.1, 0.15) is 22.0 Å². The lowest BCUT2D eigenvalue weighted by molar-refractivity contribution is -0.143. The van der Waals surface area contributed by atoms with Crippen LogP contribution in [0.3, 0.4) is 0 Å². The predicted octanol–water partition coefficient (Wildman–Crippen LogP) is 2.40. The molecule has 2 aromatic rings. The quantitative estimate of drug-likeness (QED) is 0.560. The Bertz CT molecular complexity index is 752. The number of hydrogen-bond donors (Lipinski definition) is 1. The standard InChI is InChI=1S/C18H19ClN2O5/c1-24-9-10-26-15-11-13(7-8-20-15)17(22)21-16(18(23)25-2)12-3-5-14(19)6-4-12/h3-8,11,16H,9-10H2,1-2H3,(H,21,22)/t16-/m0/s1. The number of rotatable bonds is 8. The number of aromatic nitrogens is 1. The van der Waals surface area contributed by atoms with Crippen LogP contribution < -0.4 is 10.1 Å². The van der Waals surface area contributed by atoms with Crippen LogP contribution in [0.4, 0.5) is 0 Å². The third-order valence-electron chi connectivity index (χ3n) is 3.45. The first-order chi connectivity index (χ1) is 12.5. The fourth-order valence-corrected chi connectivity index (χ4v) is 2.25. The number of nitrogens with zero attached hydrogens (tertiary/aromatic N) is 1. The molecule has 1 aromatic carbocycles. The second-order valence-electron chi connectivity index (χ2n) is 5.21. The van der Waals surface area contributed by atoms with Crippen molar-refractivity contribution >= 4 is 23.5 Å². The predicted molar refractivity (Wildman–Crippen MR) is 95.3 cm³/mol. The minimum absolute atomic E-state index is 0.288. The highest BCUT2D eigenvalue weighted by atomic mass is 35.5. The summed E-state index contributed by atoms with van der Waals surface area (Å²) in [4.78, 5) is 28.7. The van der Waals surface area contributed by atoms with Gasteiger partial charge in [-0.3, -0.25) is 4.79 Å². The molecule has 0 radical (unpaired) electrons. The van der Waals surface area contributed by atoms with Gasteiger partial charge in [0.25, 0.3) is 5.91 Å². The van der Waals surface area contributed by atoms with E-state index in [1.165, 1.54) is 25.4 Å². The maximum atomic E-state index is 12.5. The molecule has 8 heteroatoms. The Labute approximate surface area is 156 Å². The normalized spacial score (nSPS) is 11.5. The molecule has 2 rings (SSSR count). The summed E-state index contributed by atoms with van der Waals surface area (Å²) >= 11 is 5.87. The second kappa shape index (κ2) is 9.74. The number of amides is 1. The molecule has 1 N–H and O–H groups in total. The molecule has 0 aliphatic heterocycles. The molecule has 0 fully saturated rings. The molecular formula is C18H19ClN2O5. The second-order valence-corrected chi connectivity index (χ2v) is 5.64. The van der Waals surface area contributed by atoms with Gasteiger partial charge in [-0.1, -0.05) is 23.7 Å². The van der Waals surface area contributed by atoms with Crippen molar-refractivity contribution in [1.29, 1.82) is 0 Å². The lowest BCUT2D eigenvalue weighted by Gasteiger charge is -2.17. The lowest BCUT2D eigenvalue weighted by Crippen LogP contribution is -2.34. The van der Waals surface area contributed by atoms with E-state index in [1.807, 2.05) is 0 Å². The van der Waals surface area contributed by atoms with Crippen LogP contribution in [0.25, 0.3) is 0 Å². The summed E-state index contributed by atoms with van der Waals surface area (Å²) in [6.07, 6.45) is 1.45. The van der Waals surface area contributed by atoms with Gasteiger partial charge < -0.3 is 19.5 Å². The molecular weight excluding hydrogens is 360 g/mol. The van der Waals surface area contributed by atoms with E-state index in [2.05, 4.69) is 10.3 Å². The topological polar surface area (TPSA) is 86.8 Å². The SMILES string of the molecule is COCCOc1cc(C(=O)N[C@H](C(=O)OC)c2ccc(Cl)cc2)ccn1. The van der Waals surface area contributed by atoms with Gasteiger partial charge in [-0.05, 0) is 23.8 Å². The molecule has 26 heavy (non-hydrogen) atoms. The fourth-order valence-electron chi connectivity index (χ4n) is 2.13. The van der Waals surface area contributed by atoms with Crippen molar-refractivity contribution in [3.05, 3.63) is 58.7 Å². The van der Waals surface area contributed by atoms with Gasteiger partial charge in [-0.25, -0.2) is 9.78 Å². The molecule has 0 saturated carbocycles. The number of carbonyl (C=O) groups excluding carboxylic acids is 2. The first-order valence-corrected chi connectivity index (χ1v) is 8.15. The van der Waals surface area contributed by atoms with Crippen LogP contribution in [-0.4, -0.2) is 44.3 Å². The minimum Gasteiger partial charge on any atom is -0.475 e. The van der Waals surface area contributed by atoms with Crippen LogP contribution in [0.15, 0.2) is 42.6 Å². The Balaban J connectivity index is 2.15. The molecule has 0 unspecified atom stereocenters. The number of ether oxygens (including phenoxy) is 3. The summed E-state index contributed by atoms with van der Waals surface area (Å²) in [5, 5.41) is 3.17. The molecule has 1 atom stereocenters. The van der Waals surface area contributed by atoms with Crippen LogP contribution in [0, 0.1) is 0 Å². The first-order valence-electron chi connectivity index (χ1n) is 7.77. The fraction of sp³-hybridized carbons (Fsp3) is 0.278. The summed E-state index contributed by atoms with van der Waals surface area (Å²) in [5.41, 5.74) is 0.857. The van der Waals surface area contributed by atoms with Crippen LogP contribution in [-0.2, 0) is 14.3 Å². The summed E-state index contributed by atoms with van der Waals surface area (Å²) < 4.78 is 15.1. The molecule has 7 nitrogen and oxygen atoms in total. The van der Waals surface area contributed by atoms with Gasteiger partial charge in [0, 0.05) is 30.0 Å². The number of pyridine rings is 1. The highest BCUT2D eigenvalue weighted by Crippen LogP contribution is 2.19. The van der Waals surface area contributed by atoms with Crippen LogP contribution in [0.5, 0.6) is 5.88 Å². The Hall–Kier alpha value is -2.64. The minimum atomic E-state index is -0.962. The van der Waals surface area contributed by atoms with Crippen molar-refractivity contribution in [1.82, 2.24) is 10.3 Å². The van der Waals surface area contributed by atoms with E-state index in [4.69, 9.17) is 25.8 Å². The molecule has 1 heterocycles. The number of esters is 1. The van der Waals surface area contributed by atoms with E-state index in [-0.39, 0.29) is 5.88 Å². The maximum absolute atomic E-state index is 12.5. The number of halogens is 1. The maximum Gasteiger partial charge on any atom is 0.333 e. The highest BCUT2D eigenvalue weighted by molar-refractivity contribution is 6.30. The zero-order valence-electron chi connectivity index (χ0n) is 14.4. The van der Waals surface area contributed by atoms with Gasteiger partial charge >= 0.3 is 5.97 Å². The van der Waals surface area contributed by atoms with Crippen molar-refractivity contribution < 1.29 is 23.8 Å². The third-order valence-corrected chi connectivity index (χ3v) is 3.70. The van der Waals surface area contributed by atoms with E-state index in [0.29, 0.717) is 29.4 Å². The summed E-state index contributed by atoms with van der Waals surface area (Å²) in [5.74, 6) is -0.767. The average Bonchev–Trinajstić information content (AvgIpc) is 2.66. The number of carbonyl (C=O) groups is 2. The van der Waals surface area contributed by atoms with E-state index >= 15 is 0 Å². The van der Waals surface area contributed by atoms with Gasteiger partial charge in [0.05, 0.1) is 13.7 Å². The lowest BCUT2D eigenvalue weighted by atomic mass is 10.1. The van der Waals surface area contributed by atoms with Gasteiger partial charge in [0.2, 0.25) is 5.88 Å². The van der Waals surface area contributed by atoms with Crippen molar-refractivity contribution in [2.24, 2.45) is 0 Å². The Morgan fingerprint density at radius 2 is 1.88 bits per heavy atom. The van der Waals surface area contributed by atoms with Crippen LogP contribution in [0.2, 0.25) is 5.02 Å². The van der Waals surface area contributed by atoms with Crippen molar-refractivity contribution in [3.8, 4) is 5.88 Å². The van der Waals surface area contributed by atoms with Gasteiger partial charge in [-0.2, -0.15) is 0 Å². The van der Waals surface area contributed by atoms with E-state index in [0.717, 1.165) is 0 Å². The third kappa shape index (κ3) is 5.44. The van der Waals surface area contributed by atoms with Gasteiger partial charge in [-0.15, -0.1) is 0 Å². The largest absolute Gasteiger partial charge is 0.475 e. The number of hydrogen-bond acceptors (Lipinski definition) is 6. The molecule has 0 spiro atoms. The Morgan fingerprint density at radius 1 is 1.15 bits per heavy atom. The molecule has 0 aliphatic rings. The van der Waals surface area contributed by atoms with Crippen LogP contribution >= 0.6 is 11.6 Å². The number of nitrogens with one attached hydrogen (secondary N) is 1.